The predicted molar refractivity (Wildman–Crippen MR) is 67.3 cm³/mol. The fourth-order valence-electron chi connectivity index (χ4n) is 1.26. The van der Waals surface area contributed by atoms with E-state index in [0.29, 0.717) is 0 Å². The van der Waals surface area contributed by atoms with Crippen LogP contribution >= 0.6 is 15.9 Å². The summed E-state index contributed by atoms with van der Waals surface area (Å²) in [5.41, 5.74) is 2.13. The highest BCUT2D eigenvalue weighted by Gasteiger charge is 1.90. The maximum atomic E-state index is 4.32. The van der Waals surface area contributed by atoms with Crippen LogP contribution in [0.5, 0.6) is 0 Å². The molecule has 0 spiro atoms. The third-order valence-corrected chi connectivity index (χ3v) is 2.42. The van der Waals surface area contributed by atoms with Gasteiger partial charge in [0.05, 0.1) is 5.69 Å². The average Bonchev–Trinajstić information content (AvgIpc) is 2.28. The molecule has 0 saturated carbocycles. The number of hydrogen-bond acceptors (Lipinski definition) is 1. The SMILES string of the molecule is Brc1cccc(/C=C/c2ccccc2)n1. The van der Waals surface area contributed by atoms with Gasteiger partial charge >= 0.3 is 0 Å². The van der Waals surface area contributed by atoms with Gasteiger partial charge in [-0.1, -0.05) is 42.5 Å². The van der Waals surface area contributed by atoms with Crippen molar-refractivity contribution in [1.29, 1.82) is 0 Å². The van der Waals surface area contributed by atoms with Crippen LogP contribution in [0, 0.1) is 0 Å². The number of rotatable bonds is 2. The summed E-state index contributed by atoms with van der Waals surface area (Å²) in [5.74, 6) is 0. The number of benzene rings is 1. The molecule has 0 unspecified atom stereocenters. The van der Waals surface area contributed by atoms with E-state index >= 15 is 0 Å². The monoisotopic (exact) mass is 259 g/mol. The molecule has 0 amide bonds. The minimum absolute atomic E-state index is 0.859. The second kappa shape index (κ2) is 4.89. The highest BCUT2D eigenvalue weighted by molar-refractivity contribution is 9.10. The minimum atomic E-state index is 0.859. The van der Waals surface area contributed by atoms with Crippen LogP contribution in [-0.2, 0) is 0 Å². The van der Waals surface area contributed by atoms with E-state index in [4.69, 9.17) is 0 Å². The highest BCUT2D eigenvalue weighted by Crippen LogP contribution is 2.09. The molecule has 0 bridgehead atoms. The molecule has 1 nitrogen and oxygen atoms in total. The first-order chi connectivity index (χ1) is 7.34. The summed E-state index contributed by atoms with van der Waals surface area (Å²) in [6, 6.07) is 16.0. The third kappa shape index (κ3) is 3.03. The first-order valence-electron chi connectivity index (χ1n) is 4.70. The van der Waals surface area contributed by atoms with Gasteiger partial charge in [-0.15, -0.1) is 0 Å². The molecule has 74 valence electrons. The van der Waals surface area contributed by atoms with Gasteiger partial charge in [-0.25, -0.2) is 4.98 Å². The smallest absolute Gasteiger partial charge is 0.106 e. The van der Waals surface area contributed by atoms with Gasteiger partial charge in [0.25, 0.3) is 0 Å². The van der Waals surface area contributed by atoms with E-state index in [9.17, 15) is 0 Å². The molecule has 15 heavy (non-hydrogen) atoms. The fourth-order valence-corrected chi connectivity index (χ4v) is 1.62. The maximum Gasteiger partial charge on any atom is 0.106 e. The molecule has 0 aliphatic heterocycles. The molecular formula is C13H10BrN. The third-order valence-electron chi connectivity index (χ3n) is 1.98. The second-order valence-corrected chi connectivity index (χ2v) is 3.94. The van der Waals surface area contributed by atoms with Crippen LogP contribution in [0.1, 0.15) is 11.3 Å². The van der Waals surface area contributed by atoms with Gasteiger partial charge in [-0.3, -0.25) is 0 Å². The van der Waals surface area contributed by atoms with Gasteiger partial charge in [0.1, 0.15) is 4.60 Å². The van der Waals surface area contributed by atoms with E-state index < -0.39 is 0 Å². The van der Waals surface area contributed by atoms with Crippen molar-refractivity contribution in [2.24, 2.45) is 0 Å². The van der Waals surface area contributed by atoms with Crippen molar-refractivity contribution in [2.45, 2.75) is 0 Å². The highest BCUT2D eigenvalue weighted by atomic mass is 79.9. The first kappa shape index (κ1) is 10.1. The van der Waals surface area contributed by atoms with E-state index in [1.165, 1.54) is 5.56 Å². The lowest BCUT2D eigenvalue weighted by atomic mass is 10.2. The van der Waals surface area contributed by atoms with Gasteiger partial charge in [0.2, 0.25) is 0 Å². The largest absolute Gasteiger partial charge is 0.242 e. The van der Waals surface area contributed by atoms with Gasteiger partial charge in [0.15, 0.2) is 0 Å². The van der Waals surface area contributed by atoms with Crippen LogP contribution in [0.2, 0.25) is 0 Å². The Morgan fingerprint density at radius 3 is 2.40 bits per heavy atom. The maximum absolute atomic E-state index is 4.32. The molecule has 2 aromatic rings. The Bertz CT molecular complexity index is 463. The van der Waals surface area contributed by atoms with Crippen LogP contribution in [0.15, 0.2) is 53.1 Å². The van der Waals surface area contributed by atoms with Gasteiger partial charge in [-0.2, -0.15) is 0 Å². The molecule has 0 fully saturated rings. The normalized spacial score (nSPS) is 10.7. The van der Waals surface area contributed by atoms with Crippen molar-refractivity contribution in [3.05, 3.63) is 64.4 Å². The zero-order valence-electron chi connectivity index (χ0n) is 8.10. The lowest BCUT2D eigenvalue weighted by molar-refractivity contribution is 1.25. The molecule has 0 N–H and O–H groups in total. The molecule has 1 heterocycles. The summed E-state index contributed by atoms with van der Waals surface area (Å²) in [5, 5.41) is 0. The first-order valence-corrected chi connectivity index (χ1v) is 5.49. The van der Waals surface area contributed by atoms with E-state index in [0.717, 1.165) is 10.3 Å². The van der Waals surface area contributed by atoms with E-state index in [1.807, 2.05) is 42.5 Å². The quantitative estimate of drug-likeness (QED) is 0.743. The Hall–Kier alpha value is -1.41. The van der Waals surface area contributed by atoms with Crippen LogP contribution in [0.3, 0.4) is 0 Å². The molecule has 0 radical (unpaired) electrons. The summed E-state index contributed by atoms with van der Waals surface area (Å²) in [4.78, 5) is 4.32. The number of pyridine rings is 1. The summed E-state index contributed by atoms with van der Waals surface area (Å²) in [6.45, 7) is 0. The molecule has 1 aromatic heterocycles. The second-order valence-electron chi connectivity index (χ2n) is 3.13. The van der Waals surface area contributed by atoms with Crippen LogP contribution in [0.4, 0.5) is 0 Å². The van der Waals surface area contributed by atoms with Crippen molar-refractivity contribution < 1.29 is 0 Å². The topological polar surface area (TPSA) is 12.9 Å². The van der Waals surface area contributed by atoms with Crippen LogP contribution in [0.25, 0.3) is 12.2 Å². The molecule has 0 aliphatic carbocycles. The summed E-state index contributed by atoms with van der Waals surface area (Å²) >= 11 is 3.34. The molecule has 2 heteroatoms. The van der Waals surface area contributed by atoms with Gasteiger partial charge in [-0.05, 0) is 39.7 Å². The molecular weight excluding hydrogens is 250 g/mol. The van der Waals surface area contributed by atoms with E-state index in [1.54, 1.807) is 0 Å². The van der Waals surface area contributed by atoms with Crippen molar-refractivity contribution in [1.82, 2.24) is 4.98 Å². The van der Waals surface area contributed by atoms with Gasteiger partial charge in [0, 0.05) is 0 Å². The van der Waals surface area contributed by atoms with Crippen molar-refractivity contribution >= 4 is 28.1 Å². The van der Waals surface area contributed by atoms with E-state index in [-0.39, 0.29) is 0 Å². The lowest BCUT2D eigenvalue weighted by Gasteiger charge is -1.94. The Labute approximate surface area is 97.6 Å². The average molecular weight is 260 g/mol. The standard InChI is InChI=1S/C13H10BrN/c14-13-8-4-7-12(15-13)10-9-11-5-2-1-3-6-11/h1-10H/b10-9+. The zero-order chi connectivity index (χ0) is 10.5. The van der Waals surface area contributed by atoms with Gasteiger partial charge < -0.3 is 0 Å². The lowest BCUT2D eigenvalue weighted by Crippen LogP contribution is -1.79. The zero-order valence-corrected chi connectivity index (χ0v) is 9.68. The number of halogens is 1. The molecule has 0 atom stereocenters. The molecule has 1 aromatic carbocycles. The fraction of sp³-hybridized carbons (Fsp3) is 0. The molecule has 0 aliphatic rings. The summed E-state index contributed by atoms with van der Waals surface area (Å²) in [7, 11) is 0. The Morgan fingerprint density at radius 1 is 0.867 bits per heavy atom. The van der Waals surface area contributed by atoms with Crippen LogP contribution < -0.4 is 0 Å². The van der Waals surface area contributed by atoms with E-state index in [2.05, 4.69) is 39.1 Å². The molecule has 2 rings (SSSR count). The minimum Gasteiger partial charge on any atom is -0.242 e. The Kier molecular flexibility index (Phi) is 3.30. The van der Waals surface area contributed by atoms with Crippen molar-refractivity contribution in [2.75, 3.05) is 0 Å². The Morgan fingerprint density at radius 2 is 1.67 bits per heavy atom. The number of hydrogen-bond donors (Lipinski definition) is 0. The van der Waals surface area contributed by atoms with Crippen molar-refractivity contribution in [3.8, 4) is 0 Å². The summed E-state index contributed by atoms with van der Waals surface area (Å²) < 4.78 is 0.859. The number of nitrogens with zero attached hydrogens (tertiary/aromatic N) is 1. The predicted octanol–water partition coefficient (Wildman–Crippen LogP) is 4.01. The molecule has 0 saturated heterocycles. The van der Waals surface area contributed by atoms with Crippen molar-refractivity contribution in [3.63, 3.8) is 0 Å². The number of aromatic nitrogens is 1. The van der Waals surface area contributed by atoms with Crippen LogP contribution in [-0.4, -0.2) is 4.98 Å². The Balaban J connectivity index is 2.19. The summed E-state index contributed by atoms with van der Waals surface area (Å²) in [6.07, 6.45) is 4.05.